The first-order valence-corrected chi connectivity index (χ1v) is 23.2. The first-order chi connectivity index (χ1) is 31.4. The molecule has 4 fully saturated rings. The second-order valence-corrected chi connectivity index (χ2v) is 19.2. The lowest BCUT2D eigenvalue weighted by Gasteiger charge is -2.41. The molecule has 4 atom stereocenters. The molecule has 2 aromatic heterocycles. The Bertz CT molecular complexity index is 2400. The largest absolute Gasteiger partial charge is 0.453 e. The van der Waals surface area contributed by atoms with Gasteiger partial charge in [0.1, 0.15) is 29.5 Å². The van der Waals surface area contributed by atoms with Gasteiger partial charge in [-0.1, -0.05) is 64.1 Å². The number of fused-ring (bicyclic) bond motifs is 2. The van der Waals surface area contributed by atoms with E-state index in [0.717, 1.165) is 54.0 Å². The van der Waals surface area contributed by atoms with Crippen molar-refractivity contribution >= 4 is 24.4 Å². The van der Waals surface area contributed by atoms with Crippen LogP contribution in [0.25, 0.3) is 33.6 Å². The molecule has 10 rings (SSSR count). The first-order valence-electron chi connectivity index (χ1n) is 23.2. The van der Waals surface area contributed by atoms with Crippen LogP contribution in [0.15, 0.2) is 48.8 Å². The second-order valence-electron chi connectivity index (χ2n) is 19.2. The molecule has 16 nitrogen and oxygen atoms in total. The van der Waals surface area contributed by atoms with Gasteiger partial charge in [0.25, 0.3) is 0 Å². The molecular formula is C49H62N8O8. The lowest BCUT2D eigenvalue weighted by Crippen LogP contribution is -2.60. The predicted molar refractivity (Wildman–Crippen MR) is 242 cm³/mol. The number of benzene rings is 2. The highest BCUT2D eigenvalue weighted by molar-refractivity contribution is 5.87. The summed E-state index contributed by atoms with van der Waals surface area (Å²) in [4.78, 5) is 72.2. The van der Waals surface area contributed by atoms with Crippen LogP contribution < -0.4 is 10.6 Å². The molecule has 1 spiro atoms. The van der Waals surface area contributed by atoms with Crippen LogP contribution in [0.3, 0.4) is 0 Å². The van der Waals surface area contributed by atoms with Crippen molar-refractivity contribution in [3.63, 3.8) is 0 Å². The fourth-order valence-electron chi connectivity index (χ4n) is 11.2. The minimum atomic E-state index is -1.09. The molecule has 16 heteroatoms. The van der Waals surface area contributed by atoms with Gasteiger partial charge in [-0.25, -0.2) is 19.6 Å². The van der Waals surface area contributed by atoms with Crippen molar-refractivity contribution in [2.24, 2.45) is 11.8 Å². The molecule has 1 saturated carbocycles. The summed E-state index contributed by atoms with van der Waals surface area (Å²) in [6, 6.07) is 11.9. The van der Waals surface area contributed by atoms with Gasteiger partial charge in [0.05, 0.1) is 69.8 Å². The number of alkyl carbamates (subject to hydrolysis) is 2. The van der Waals surface area contributed by atoms with Crippen molar-refractivity contribution in [2.45, 2.75) is 114 Å². The smallest absolute Gasteiger partial charge is 0.407 e. The Labute approximate surface area is 379 Å². The van der Waals surface area contributed by atoms with E-state index in [4.69, 9.17) is 28.9 Å². The fraction of sp³-hybridized carbons (Fsp3) is 0.551. The molecule has 3 saturated heterocycles. The van der Waals surface area contributed by atoms with Gasteiger partial charge < -0.3 is 49.2 Å². The maximum Gasteiger partial charge on any atom is 0.407 e. The van der Waals surface area contributed by atoms with E-state index in [-0.39, 0.29) is 30.3 Å². The number of aldehydes is 1. The highest BCUT2D eigenvalue weighted by Gasteiger charge is 2.53. The fourth-order valence-corrected chi connectivity index (χ4v) is 11.2. The number of nitrogens with one attached hydrogen (secondary N) is 4. The van der Waals surface area contributed by atoms with E-state index in [1.807, 2.05) is 40.1 Å². The number of nitrogens with zero attached hydrogens (tertiary/aromatic N) is 4. The zero-order valence-corrected chi connectivity index (χ0v) is 38.3. The average molecular weight is 891 g/mol. The minimum Gasteiger partial charge on any atom is -0.453 e. The summed E-state index contributed by atoms with van der Waals surface area (Å²) in [6.07, 6.45) is 10.3. The topological polar surface area (TPSA) is 193 Å². The van der Waals surface area contributed by atoms with Gasteiger partial charge in [0.15, 0.2) is 5.79 Å². The lowest BCUT2D eigenvalue weighted by molar-refractivity contribution is -0.153. The Morgan fingerprint density at radius 2 is 1.43 bits per heavy atom. The third-order valence-corrected chi connectivity index (χ3v) is 14.8. The quantitative estimate of drug-likeness (QED) is 0.0980. The molecular weight excluding hydrogens is 829 g/mol. The maximum absolute atomic E-state index is 14.1. The molecule has 346 valence electrons. The number of hydrogen-bond donors (Lipinski definition) is 4. The number of hydrogen-bond acceptors (Lipinski definition) is 11. The number of imidazole rings is 2. The van der Waals surface area contributed by atoms with Gasteiger partial charge in [-0.3, -0.25) is 9.69 Å². The van der Waals surface area contributed by atoms with Gasteiger partial charge in [-0.2, -0.15) is 0 Å². The first kappa shape index (κ1) is 44.6. The zero-order valence-electron chi connectivity index (χ0n) is 38.3. The van der Waals surface area contributed by atoms with E-state index < -0.39 is 35.6 Å². The number of carbonyl (C=O) groups excluding carboxylic acids is 4. The van der Waals surface area contributed by atoms with Crippen LogP contribution in [-0.2, 0) is 28.5 Å². The molecule has 3 aliphatic heterocycles. The summed E-state index contributed by atoms with van der Waals surface area (Å²) in [5, 5.41) is 5.56. The van der Waals surface area contributed by atoms with E-state index in [0.29, 0.717) is 43.8 Å². The minimum absolute atomic E-state index is 0.0172. The summed E-state index contributed by atoms with van der Waals surface area (Å²) in [6.45, 7) is 9.91. The van der Waals surface area contributed by atoms with Gasteiger partial charge in [-0.15, -0.1) is 0 Å². The van der Waals surface area contributed by atoms with Crippen LogP contribution in [0, 0.1) is 11.8 Å². The lowest BCUT2D eigenvalue weighted by atomic mass is 9.64. The van der Waals surface area contributed by atoms with Crippen LogP contribution in [0.2, 0.25) is 0 Å². The van der Waals surface area contributed by atoms with Crippen molar-refractivity contribution in [1.29, 1.82) is 0 Å². The number of methoxy groups -OCH3 is 2. The molecule has 2 aromatic carbocycles. The zero-order chi connectivity index (χ0) is 45.6. The predicted octanol–water partition coefficient (Wildman–Crippen LogP) is 7.37. The third kappa shape index (κ3) is 8.33. The number of carbonyl (C=O) groups is 4. The Morgan fingerprint density at radius 3 is 2.06 bits per heavy atom. The highest BCUT2D eigenvalue weighted by Crippen LogP contribution is 2.55. The van der Waals surface area contributed by atoms with Crippen LogP contribution >= 0.6 is 0 Å². The molecule has 5 heterocycles. The van der Waals surface area contributed by atoms with Gasteiger partial charge in [-0.05, 0) is 96.6 Å². The third-order valence-electron chi connectivity index (χ3n) is 14.8. The number of aromatic amines is 2. The van der Waals surface area contributed by atoms with Gasteiger partial charge >= 0.3 is 12.2 Å². The molecule has 0 radical (unpaired) electrons. The molecule has 3 amide bonds. The Morgan fingerprint density at radius 1 is 0.831 bits per heavy atom. The molecule has 65 heavy (non-hydrogen) atoms. The number of H-pyrrole nitrogens is 2. The van der Waals surface area contributed by atoms with Crippen molar-refractivity contribution in [3.05, 3.63) is 71.6 Å². The van der Waals surface area contributed by atoms with E-state index in [2.05, 4.69) is 61.9 Å². The number of rotatable bonds is 13. The Kier molecular flexibility index (Phi) is 12.4. The van der Waals surface area contributed by atoms with Crippen LogP contribution in [0.5, 0.6) is 0 Å². The summed E-state index contributed by atoms with van der Waals surface area (Å²) in [7, 11) is 2.59. The summed E-state index contributed by atoms with van der Waals surface area (Å²) in [5.74, 6) is 0.930. The van der Waals surface area contributed by atoms with Crippen LogP contribution in [0.4, 0.5) is 9.59 Å². The summed E-state index contributed by atoms with van der Waals surface area (Å²) in [5.41, 5.74) is 8.20. The van der Waals surface area contributed by atoms with Gasteiger partial charge in [0.2, 0.25) is 5.91 Å². The van der Waals surface area contributed by atoms with Crippen LogP contribution in [0.1, 0.15) is 119 Å². The van der Waals surface area contributed by atoms with Crippen molar-refractivity contribution < 1.29 is 38.1 Å². The average Bonchev–Trinajstić information content (AvgIpc) is 4.19. The number of amides is 3. The number of aromatic nitrogens is 4. The monoisotopic (exact) mass is 890 g/mol. The van der Waals surface area contributed by atoms with E-state index in [9.17, 15) is 19.2 Å². The Hall–Kier alpha value is -5.58. The van der Waals surface area contributed by atoms with Crippen molar-refractivity contribution in [1.82, 2.24) is 40.4 Å². The molecule has 3 aliphatic carbocycles. The van der Waals surface area contributed by atoms with E-state index in [1.165, 1.54) is 62.2 Å². The van der Waals surface area contributed by atoms with E-state index >= 15 is 0 Å². The second kappa shape index (κ2) is 18.0. The van der Waals surface area contributed by atoms with Crippen LogP contribution in [-0.4, -0.2) is 119 Å². The standard InChI is InChI=1S/C49H62N8O8/c1-28(2)42(54-46(60)62-5)45(59)57-26-49(64-20-21-65-49)22-39(57)44-50-23-36(52-44)31-11-9-30(10-12-31)34-17-18-35(41-33-15-13-32(14-16-33)40(34)41)37-24-51-43(53-37)38-8-7-19-56(38)25-48(27-58,29(3)4)55-47(61)63-6/h9-12,17-18,23-24,27-29,32-33,38-39,42H,7-8,13-16,19-22,25-26H2,1-6H3,(H,50,52)(H,51,53)(H,54,60)(H,55,61)/t32?,33?,38-,39-,42-,48+/m0/s1. The maximum atomic E-state index is 14.1. The molecule has 6 aliphatic rings. The SMILES string of the molecule is COC(=O)N[C@H](C(=O)N1CC2(C[C@H]1c1ncc(-c3ccc(-c4ccc(-c5cnc([C@@H]6CCCN6C[C@](C=O)(NC(=O)OC)C(C)C)[nH]5)c5c4C4CCC5CC4)cc3)[nH]1)OCCO2)C(C)C. The number of likely N-dealkylation sites (tertiary alicyclic amines) is 2. The normalized spacial score (nSPS) is 23.7. The number of ether oxygens (including phenoxy) is 4. The summed E-state index contributed by atoms with van der Waals surface area (Å²) >= 11 is 0. The molecule has 4 N–H and O–H groups in total. The van der Waals surface area contributed by atoms with Gasteiger partial charge in [0, 0.05) is 18.5 Å². The summed E-state index contributed by atoms with van der Waals surface area (Å²) < 4.78 is 21.9. The molecule has 2 bridgehead atoms. The van der Waals surface area contributed by atoms with E-state index in [1.54, 1.807) is 4.90 Å². The molecule has 0 unspecified atom stereocenters. The highest BCUT2D eigenvalue weighted by atomic mass is 16.7. The van der Waals surface area contributed by atoms with Crippen molar-refractivity contribution in [2.75, 3.05) is 47.1 Å². The molecule has 4 aromatic rings. The van der Waals surface area contributed by atoms with Crippen molar-refractivity contribution in [3.8, 4) is 33.6 Å². The Balaban J connectivity index is 0.967.